The molecular formula is C22H19N5O4S. The van der Waals surface area contributed by atoms with Crippen molar-refractivity contribution in [1.29, 1.82) is 0 Å². The van der Waals surface area contributed by atoms with E-state index < -0.39 is 17.6 Å². The van der Waals surface area contributed by atoms with Crippen molar-refractivity contribution in [3.8, 4) is 0 Å². The number of benzene rings is 2. The van der Waals surface area contributed by atoms with Gasteiger partial charge in [0.15, 0.2) is 5.65 Å². The number of carbonyl (C=O) groups excluding carboxylic acids is 2. The van der Waals surface area contributed by atoms with E-state index in [4.69, 9.17) is 4.74 Å². The van der Waals surface area contributed by atoms with E-state index in [9.17, 15) is 14.4 Å². The molecule has 32 heavy (non-hydrogen) atoms. The molecule has 162 valence electrons. The molecule has 0 aliphatic carbocycles. The van der Waals surface area contributed by atoms with Gasteiger partial charge in [0.05, 0.1) is 12.2 Å². The Labute approximate surface area is 187 Å². The smallest absolute Gasteiger partial charge is 0.367 e. The fourth-order valence-corrected chi connectivity index (χ4v) is 3.69. The number of fused-ring (bicyclic) bond motifs is 1. The number of ether oxygens (including phenoxy) is 1. The van der Waals surface area contributed by atoms with Crippen LogP contribution in [0.3, 0.4) is 0 Å². The molecule has 0 aliphatic rings. The van der Waals surface area contributed by atoms with Gasteiger partial charge in [0, 0.05) is 10.6 Å². The Bertz CT molecular complexity index is 1320. The second-order valence-electron chi connectivity index (χ2n) is 6.64. The number of amides is 1. The van der Waals surface area contributed by atoms with Crippen LogP contribution in [0.4, 0.5) is 5.69 Å². The Balaban J connectivity index is 1.45. The zero-order valence-electron chi connectivity index (χ0n) is 17.1. The first-order valence-corrected chi connectivity index (χ1v) is 10.6. The largest absolute Gasteiger partial charge is 0.462 e. The molecule has 10 heteroatoms. The third-order valence-electron chi connectivity index (χ3n) is 4.35. The molecule has 4 aromatic rings. The van der Waals surface area contributed by atoms with Gasteiger partial charge in [-0.05, 0) is 55.5 Å². The minimum atomic E-state index is -0.511. The van der Waals surface area contributed by atoms with E-state index in [1.54, 1.807) is 43.3 Å². The van der Waals surface area contributed by atoms with E-state index in [0.29, 0.717) is 21.9 Å². The second-order valence-corrected chi connectivity index (χ2v) is 7.74. The summed E-state index contributed by atoms with van der Waals surface area (Å²) in [5.74, 6) is -0.864. The summed E-state index contributed by atoms with van der Waals surface area (Å²) in [6.45, 7) is 1.74. The number of hydrogen-bond donors (Lipinski definition) is 1. The molecule has 0 bridgehead atoms. The number of nitrogens with zero attached hydrogens (tertiary/aromatic N) is 4. The van der Waals surface area contributed by atoms with Gasteiger partial charge in [0.2, 0.25) is 5.91 Å². The van der Waals surface area contributed by atoms with Crippen LogP contribution in [0.2, 0.25) is 0 Å². The van der Waals surface area contributed by atoms with Crippen molar-refractivity contribution in [1.82, 2.24) is 19.4 Å². The lowest BCUT2D eigenvalue weighted by Crippen LogP contribution is -2.28. The number of rotatable bonds is 7. The monoisotopic (exact) mass is 449 g/mol. The zero-order chi connectivity index (χ0) is 22.5. The summed E-state index contributed by atoms with van der Waals surface area (Å²) in [5.41, 5.74) is 0.707. The molecule has 9 nitrogen and oxygen atoms in total. The van der Waals surface area contributed by atoms with Gasteiger partial charge in [-0.15, -0.1) is 5.10 Å². The molecule has 0 unspecified atom stereocenters. The van der Waals surface area contributed by atoms with E-state index in [1.165, 1.54) is 16.3 Å². The van der Waals surface area contributed by atoms with Crippen molar-refractivity contribution in [2.45, 2.75) is 23.4 Å². The van der Waals surface area contributed by atoms with Crippen LogP contribution in [0.25, 0.3) is 5.65 Å². The lowest BCUT2D eigenvalue weighted by atomic mass is 10.2. The Kier molecular flexibility index (Phi) is 6.31. The zero-order valence-corrected chi connectivity index (χ0v) is 17.9. The molecule has 0 spiro atoms. The number of esters is 1. The lowest BCUT2D eigenvalue weighted by Gasteiger charge is -2.06. The summed E-state index contributed by atoms with van der Waals surface area (Å²) in [5, 5.41) is 11.8. The topological polar surface area (TPSA) is 108 Å². The summed E-state index contributed by atoms with van der Waals surface area (Å²) in [6.07, 6.45) is 0. The summed E-state index contributed by atoms with van der Waals surface area (Å²) < 4.78 is 7.16. The van der Waals surface area contributed by atoms with Crippen LogP contribution in [0, 0.1) is 0 Å². The molecule has 1 amide bonds. The Morgan fingerprint density at radius 1 is 1.00 bits per heavy atom. The number of anilines is 1. The molecule has 1 N–H and O–H groups in total. The van der Waals surface area contributed by atoms with Crippen LogP contribution in [-0.2, 0) is 16.1 Å². The number of carbonyl (C=O) groups is 2. The molecule has 2 aromatic carbocycles. The quantitative estimate of drug-likeness (QED) is 0.432. The van der Waals surface area contributed by atoms with Crippen LogP contribution < -0.4 is 11.0 Å². The number of aromatic nitrogens is 4. The Morgan fingerprint density at radius 2 is 1.75 bits per heavy atom. The highest BCUT2D eigenvalue weighted by atomic mass is 32.2. The van der Waals surface area contributed by atoms with Crippen LogP contribution in [0.15, 0.2) is 81.4 Å². The van der Waals surface area contributed by atoms with Gasteiger partial charge in [-0.25, -0.2) is 14.3 Å². The minimum absolute atomic E-state index is 0.275. The fraction of sp³-hybridized carbons (Fsp3) is 0.136. The van der Waals surface area contributed by atoms with Crippen molar-refractivity contribution in [2.24, 2.45) is 0 Å². The van der Waals surface area contributed by atoms with Crippen molar-refractivity contribution in [2.75, 3.05) is 11.9 Å². The molecular weight excluding hydrogens is 430 g/mol. The predicted molar refractivity (Wildman–Crippen MR) is 119 cm³/mol. The first-order chi connectivity index (χ1) is 15.5. The maximum absolute atomic E-state index is 12.7. The van der Waals surface area contributed by atoms with Crippen LogP contribution in [-0.4, -0.2) is 37.9 Å². The normalized spacial score (nSPS) is 10.8. The van der Waals surface area contributed by atoms with Crippen molar-refractivity contribution >= 4 is 35.0 Å². The first kappa shape index (κ1) is 21.3. The molecule has 4 rings (SSSR count). The predicted octanol–water partition coefficient (Wildman–Crippen LogP) is 2.86. The van der Waals surface area contributed by atoms with Gasteiger partial charge >= 0.3 is 11.7 Å². The summed E-state index contributed by atoms with van der Waals surface area (Å²) in [7, 11) is 0. The van der Waals surface area contributed by atoms with Crippen molar-refractivity contribution in [3.63, 3.8) is 0 Å². The maximum Gasteiger partial charge on any atom is 0.367 e. The molecule has 0 fully saturated rings. The summed E-state index contributed by atoms with van der Waals surface area (Å²) in [6, 6.07) is 19.4. The van der Waals surface area contributed by atoms with Crippen molar-refractivity contribution in [3.05, 3.63) is 82.8 Å². The van der Waals surface area contributed by atoms with Gasteiger partial charge in [-0.2, -0.15) is 9.61 Å². The van der Waals surface area contributed by atoms with E-state index in [2.05, 4.69) is 15.5 Å². The maximum atomic E-state index is 12.7. The van der Waals surface area contributed by atoms with Crippen LogP contribution in [0.5, 0.6) is 0 Å². The van der Waals surface area contributed by atoms with Crippen molar-refractivity contribution < 1.29 is 14.3 Å². The Morgan fingerprint density at radius 3 is 2.47 bits per heavy atom. The molecule has 2 heterocycles. The average Bonchev–Trinajstić information content (AvgIpc) is 3.10. The van der Waals surface area contributed by atoms with Crippen LogP contribution in [0.1, 0.15) is 17.3 Å². The van der Waals surface area contributed by atoms with E-state index >= 15 is 0 Å². The average molecular weight is 449 g/mol. The SMILES string of the molecule is CCOC(=O)c1ccc(NC(=O)Cn2nc3ccc(Sc4ccccc4)nn3c2=O)cc1. The highest BCUT2D eigenvalue weighted by molar-refractivity contribution is 7.99. The van der Waals surface area contributed by atoms with Gasteiger partial charge in [0.25, 0.3) is 0 Å². The fourth-order valence-electron chi connectivity index (χ4n) is 2.90. The molecule has 0 atom stereocenters. The molecule has 0 saturated heterocycles. The van der Waals surface area contributed by atoms with E-state index in [-0.39, 0.29) is 13.2 Å². The van der Waals surface area contributed by atoms with E-state index in [0.717, 1.165) is 9.58 Å². The minimum Gasteiger partial charge on any atom is -0.462 e. The van der Waals surface area contributed by atoms with E-state index in [1.807, 2.05) is 30.3 Å². The molecule has 2 aromatic heterocycles. The summed E-state index contributed by atoms with van der Waals surface area (Å²) in [4.78, 5) is 37.8. The number of nitrogens with one attached hydrogen (secondary N) is 1. The molecule has 0 radical (unpaired) electrons. The van der Waals surface area contributed by atoms with Crippen LogP contribution >= 0.6 is 11.8 Å². The lowest BCUT2D eigenvalue weighted by molar-refractivity contribution is -0.117. The molecule has 0 saturated carbocycles. The van der Waals surface area contributed by atoms with Gasteiger partial charge in [0.1, 0.15) is 11.6 Å². The first-order valence-electron chi connectivity index (χ1n) is 9.80. The third-order valence-corrected chi connectivity index (χ3v) is 5.29. The van der Waals surface area contributed by atoms with Gasteiger partial charge in [-0.1, -0.05) is 30.0 Å². The van der Waals surface area contributed by atoms with Gasteiger partial charge < -0.3 is 10.1 Å². The third kappa shape index (κ3) is 4.86. The second kappa shape index (κ2) is 9.48. The molecule has 0 aliphatic heterocycles. The Hall–Kier alpha value is -3.92. The highest BCUT2D eigenvalue weighted by Gasteiger charge is 2.13. The summed E-state index contributed by atoms with van der Waals surface area (Å²) >= 11 is 1.42. The van der Waals surface area contributed by atoms with Gasteiger partial charge in [-0.3, -0.25) is 4.79 Å². The number of hydrogen-bond acceptors (Lipinski definition) is 7. The standard InChI is InChI=1S/C22H19N5O4S/c1-2-31-21(29)15-8-10-16(11-9-15)23-19(28)14-26-22(30)27-18(24-26)12-13-20(25-27)32-17-6-4-3-5-7-17/h3-13H,2,14H2,1H3,(H,23,28). The highest BCUT2D eigenvalue weighted by Crippen LogP contribution is 2.25.